The van der Waals surface area contributed by atoms with Gasteiger partial charge in [0.2, 0.25) is 0 Å². The maximum atomic E-state index is 11.2. The lowest BCUT2D eigenvalue weighted by Crippen LogP contribution is -2.28. The molecule has 2 saturated heterocycles. The molecule has 0 aromatic rings. The molecule has 0 radical (unpaired) electrons. The molecule has 20 heavy (non-hydrogen) atoms. The molecule has 0 aromatic heterocycles. The fourth-order valence-electron chi connectivity index (χ4n) is 2.28. The van der Waals surface area contributed by atoms with Gasteiger partial charge in [0, 0.05) is 12.8 Å². The number of hydrogen-bond donors (Lipinski definition) is 4. The molecule has 0 aliphatic carbocycles. The van der Waals surface area contributed by atoms with E-state index in [1.165, 1.54) is 0 Å². The topological polar surface area (TPSA) is 122 Å². The standard InChI is InChI=1S/C10H16N6O4/c17-9-7(15(19)13-11-9)5-3-1-2-4-6-8-10(18)12-14-16(8)20/h7-8H,1-6H2,(H2-2,11,12,13,14,17,18,19,20)/p+2. The van der Waals surface area contributed by atoms with Gasteiger partial charge in [-0.05, 0) is 12.8 Å². The summed E-state index contributed by atoms with van der Waals surface area (Å²) in [5.74, 6) is -0.619. The Bertz CT molecular complexity index is 367. The number of nitrogens with zero attached hydrogens (tertiary/aromatic N) is 2. The molecule has 2 aliphatic rings. The Morgan fingerprint density at radius 2 is 1.15 bits per heavy atom. The number of rotatable bonds is 7. The molecule has 2 aliphatic heterocycles. The van der Waals surface area contributed by atoms with E-state index in [-0.39, 0.29) is 11.8 Å². The minimum absolute atomic E-state index is 0.310. The van der Waals surface area contributed by atoms with Crippen LogP contribution in [-0.2, 0) is 9.59 Å². The van der Waals surface area contributed by atoms with E-state index in [0.717, 1.165) is 25.7 Å². The Hall–Kier alpha value is -2.26. The second-order valence-corrected chi connectivity index (χ2v) is 4.88. The van der Waals surface area contributed by atoms with Crippen molar-refractivity contribution in [1.82, 2.24) is 21.9 Å². The molecular formula is C10H18N6O4+2. The minimum Gasteiger partial charge on any atom is -0.265 e. The predicted molar refractivity (Wildman–Crippen MR) is 65.1 cm³/mol. The van der Waals surface area contributed by atoms with Gasteiger partial charge in [-0.2, -0.15) is 0 Å². The van der Waals surface area contributed by atoms with Gasteiger partial charge < -0.3 is 0 Å². The Kier molecular flexibility index (Phi) is 4.43. The molecule has 110 valence electrons. The molecule has 2 heterocycles. The van der Waals surface area contributed by atoms with Crippen molar-refractivity contribution >= 4 is 11.8 Å². The van der Waals surface area contributed by atoms with Crippen molar-refractivity contribution < 1.29 is 19.3 Å². The first kappa shape index (κ1) is 14.2. The summed E-state index contributed by atoms with van der Waals surface area (Å²) in [4.78, 5) is 45.9. The van der Waals surface area contributed by atoms with Crippen LogP contribution in [0.2, 0.25) is 0 Å². The van der Waals surface area contributed by atoms with Crippen LogP contribution in [0.25, 0.3) is 0 Å². The highest BCUT2D eigenvalue weighted by atomic mass is 16.3. The van der Waals surface area contributed by atoms with Crippen molar-refractivity contribution in [3.05, 3.63) is 9.81 Å². The van der Waals surface area contributed by atoms with Crippen LogP contribution in [0.3, 0.4) is 0 Å². The lowest BCUT2D eigenvalue weighted by Gasteiger charge is -2.00. The van der Waals surface area contributed by atoms with Crippen LogP contribution in [-0.4, -0.2) is 33.6 Å². The molecule has 0 aromatic carbocycles. The third-order valence-electron chi connectivity index (χ3n) is 3.46. The number of hydrazine groups is 4. The Labute approximate surface area is 114 Å². The highest BCUT2D eigenvalue weighted by Gasteiger charge is 2.41. The van der Waals surface area contributed by atoms with Crippen LogP contribution in [0.5, 0.6) is 0 Å². The van der Waals surface area contributed by atoms with Gasteiger partial charge in [-0.25, -0.2) is 10.9 Å². The smallest absolute Gasteiger partial charge is 0.265 e. The molecule has 10 nitrogen and oxygen atoms in total. The van der Waals surface area contributed by atoms with Gasteiger partial charge in [-0.1, -0.05) is 23.9 Å². The zero-order valence-corrected chi connectivity index (χ0v) is 10.9. The lowest BCUT2D eigenvalue weighted by molar-refractivity contribution is -0.619. The average Bonchev–Trinajstić information content (AvgIpc) is 2.90. The first-order valence-electron chi connectivity index (χ1n) is 6.63. The first-order valence-corrected chi connectivity index (χ1v) is 6.63. The van der Waals surface area contributed by atoms with Crippen LogP contribution in [0.15, 0.2) is 0 Å². The van der Waals surface area contributed by atoms with Crippen molar-refractivity contribution in [2.75, 3.05) is 0 Å². The van der Waals surface area contributed by atoms with Crippen LogP contribution >= 0.6 is 0 Å². The molecule has 2 amide bonds. The van der Waals surface area contributed by atoms with E-state index in [1.807, 2.05) is 0 Å². The number of unbranched alkanes of at least 4 members (excludes halogenated alkanes) is 3. The summed E-state index contributed by atoms with van der Waals surface area (Å²) in [6.45, 7) is 0. The van der Waals surface area contributed by atoms with Gasteiger partial charge in [-0.3, -0.25) is 9.59 Å². The fourth-order valence-corrected chi connectivity index (χ4v) is 2.28. The quantitative estimate of drug-likeness (QED) is 0.341. The Balaban J connectivity index is 1.56. The highest BCUT2D eigenvalue weighted by molar-refractivity contribution is 5.81. The number of amides is 2. The summed E-state index contributed by atoms with van der Waals surface area (Å²) in [5, 5.41) is 0. The fraction of sp³-hybridized carbons (Fsp3) is 0.800. The number of hydrogen-bond acceptors (Lipinski definition) is 4. The summed E-state index contributed by atoms with van der Waals surface area (Å²) < 4.78 is 0. The third-order valence-corrected chi connectivity index (χ3v) is 3.46. The second-order valence-electron chi connectivity index (χ2n) is 4.88. The molecule has 4 N–H and O–H groups in total. The summed E-state index contributed by atoms with van der Waals surface area (Å²) in [7, 11) is 0. The van der Waals surface area contributed by atoms with Gasteiger partial charge >= 0.3 is 23.9 Å². The number of nitroso groups, excluding NO2 is 2. The Morgan fingerprint density at radius 3 is 1.45 bits per heavy atom. The number of carbonyl (C=O) groups is 2. The molecule has 2 unspecified atom stereocenters. The zero-order valence-electron chi connectivity index (χ0n) is 10.9. The van der Waals surface area contributed by atoms with Crippen molar-refractivity contribution in [1.29, 1.82) is 0 Å². The van der Waals surface area contributed by atoms with Gasteiger partial charge in [0.25, 0.3) is 0 Å². The SMILES string of the molecule is O=C1NN[N+](=O)C1CCCCCCC1C(=O)NN[N+]1=O. The molecule has 0 spiro atoms. The summed E-state index contributed by atoms with van der Waals surface area (Å²) in [5.41, 5.74) is 8.91. The lowest BCUT2D eigenvalue weighted by atomic mass is 10.0. The van der Waals surface area contributed by atoms with E-state index in [4.69, 9.17) is 0 Å². The minimum atomic E-state index is -0.669. The number of carbonyl (C=O) groups excluding carboxylic acids is 2. The Morgan fingerprint density at radius 1 is 0.750 bits per heavy atom. The van der Waals surface area contributed by atoms with Crippen LogP contribution < -0.4 is 21.9 Å². The van der Waals surface area contributed by atoms with Crippen molar-refractivity contribution in [2.24, 2.45) is 0 Å². The van der Waals surface area contributed by atoms with Gasteiger partial charge in [0.05, 0.1) is 9.81 Å². The largest absolute Gasteiger partial charge is 0.319 e. The molecule has 2 rings (SSSR count). The monoisotopic (exact) mass is 286 g/mol. The molecule has 0 saturated carbocycles. The van der Waals surface area contributed by atoms with E-state index < -0.39 is 12.1 Å². The normalized spacial score (nSPS) is 25.2. The van der Waals surface area contributed by atoms with Crippen molar-refractivity contribution in [2.45, 2.75) is 50.6 Å². The van der Waals surface area contributed by atoms with Gasteiger partial charge in [-0.15, -0.1) is 0 Å². The van der Waals surface area contributed by atoms with E-state index in [1.54, 1.807) is 0 Å². The summed E-state index contributed by atoms with van der Waals surface area (Å²) in [6, 6.07) is -1.34. The van der Waals surface area contributed by atoms with Crippen LogP contribution in [0, 0.1) is 9.81 Å². The van der Waals surface area contributed by atoms with E-state index in [9.17, 15) is 19.4 Å². The maximum absolute atomic E-state index is 11.2. The first-order chi connectivity index (χ1) is 9.59. The zero-order chi connectivity index (χ0) is 14.5. The van der Waals surface area contributed by atoms with E-state index in [0.29, 0.717) is 22.6 Å². The number of nitrogens with one attached hydrogen (secondary N) is 4. The molecule has 2 fully saturated rings. The molecule has 10 heteroatoms. The van der Waals surface area contributed by atoms with Crippen molar-refractivity contribution in [3.63, 3.8) is 0 Å². The molecule has 0 bridgehead atoms. The molecular weight excluding hydrogens is 268 g/mol. The van der Waals surface area contributed by atoms with E-state index >= 15 is 0 Å². The summed E-state index contributed by atoms with van der Waals surface area (Å²) >= 11 is 0. The molecule has 2 atom stereocenters. The average molecular weight is 286 g/mol. The highest BCUT2D eigenvalue weighted by Crippen LogP contribution is 2.13. The van der Waals surface area contributed by atoms with Gasteiger partial charge in [0.15, 0.2) is 0 Å². The predicted octanol–water partition coefficient (Wildman–Crippen LogP) is -1.28. The second kappa shape index (κ2) is 6.26. The van der Waals surface area contributed by atoms with E-state index in [2.05, 4.69) is 21.9 Å². The van der Waals surface area contributed by atoms with Crippen LogP contribution in [0.4, 0.5) is 0 Å². The van der Waals surface area contributed by atoms with Crippen LogP contribution in [0.1, 0.15) is 38.5 Å². The maximum Gasteiger partial charge on any atom is 0.319 e. The third kappa shape index (κ3) is 3.19. The van der Waals surface area contributed by atoms with Crippen molar-refractivity contribution in [3.8, 4) is 0 Å². The summed E-state index contributed by atoms with van der Waals surface area (Å²) in [6.07, 6.45) is 4.16. The van der Waals surface area contributed by atoms with Gasteiger partial charge in [0.1, 0.15) is 9.74 Å².